The molecule has 0 radical (unpaired) electrons. The van der Waals surface area contributed by atoms with Crippen molar-refractivity contribution in [3.8, 4) is 0 Å². The highest BCUT2D eigenvalue weighted by molar-refractivity contribution is 6.07. The van der Waals surface area contributed by atoms with Crippen LogP contribution in [-0.2, 0) is 23.1 Å². The molecule has 2 aromatic carbocycles. The molecule has 0 fully saturated rings. The molecule has 230 valence electrons. The van der Waals surface area contributed by atoms with Crippen LogP contribution >= 0.6 is 0 Å². The number of hydrogen-bond acceptors (Lipinski definition) is 7. The van der Waals surface area contributed by atoms with Gasteiger partial charge in [0.15, 0.2) is 0 Å². The number of carboxylic acids is 1. The van der Waals surface area contributed by atoms with E-state index < -0.39 is 12.1 Å². The lowest BCUT2D eigenvalue weighted by atomic mass is 10.1. The maximum Gasteiger partial charge on any atom is 0.435 e. The number of carboxylic acid groups (broad SMARTS) is 1. The lowest BCUT2D eigenvalue weighted by molar-refractivity contribution is -0.136. The fourth-order valence-corrected chi connectivity index (χ4v) is 4.56. The van der Waals surface area contributed by atoms with Crippen molar-refractivity contribution in [2.45, 2.75) is 45.6 Å². The summed E-state index contributed by atoms with van der Waals surface area (Å²) in [4.78, 5) is 50.7. The van der Waals surface area contributed by atoms with Crippen LogP contribution in [0.1, 0.15) is 60.8 Å². The van der Waals surface area contributed by atoms with E-state index in [0.29, 0.717) is 35.6 Å². The minimum atomic E-state index is -1.00. The molecule has 4 N–H and O–H groups in total. The number of amides is 2. The fourth-order valence-electron chi connectivity index (χ4n) is 4.56. The summed E-state index contributed by atoms with van der Waals surface area (Å²) in [5.41, 5.74) is 9.26. The van der Waals surface area contributed by atoms with Gasteiger partial charge in [-0.25, -0.2) is 14.8 Å². The second-order valence-electron chi connectivity index (χ2n) is 10.2. The van der Waals surface area contributed by atoms with Crippen molar-refractivity contribution in [3.05, 3.63) is 83.8 Å². The van der Waals surface area contributed by atoms with Crippen molar-refractivity contribution in [2.24, 2.45) is 17.8 Å². The quantitative estimate of drug-likeness (QED) is 0.101. The molecule has 0 unspecified atom stereocenters. The van der Waals surface area contributed by atoms with Gasteiger partial charge >= 0.3 is 12.1 Å². The number of fused-ring (bicyclic) bond motifs is 1. The van der Waals surface area contributed by atoms with E-state index in [2.05, 4.69) is 22.2 Å². The van der Waals surface area contributed by atoms with Crippen molar-refractivity contribution in [2.75, 3.05) is 23.4 Å². The van der Waals surface area contributed by atoms with Crippen molar-refractivity contribution < 1.29 is 24.2 Å². The van der Waals surface area contributed by atoms with Crippen LogP contribution in [-0.4, -0.2) is 56.6 Å². The molecule has 44 heavy (non-hydrogen) atoms. The first-order valence-corrected chi connectivity index (χ1v) is 14.5. The zero-order valence-electron chi connectivity index (χ0n) is 24.9. The van der Waals surface area contributed by atoms with Crippen molar-refractivity contribution in [1.29, 1.82) is 0 Å². The number of carbonyl (C=O) groups excluding carboxylic acids is 2. The smallest absolute Gasteiger partial charge is 0.435 e. The van der Waals surface area contributed by atoms with E-state index in [1.54, 1.807) is 48.7 Å². The first-order valence-electron chi connectivity index (χ1n) is 14.5. The molecule has 12 heteroatoms. The standard InChI is InChI=1S/C32H37N7O5/c1-3-4-5-8-19-44-32(43)37-30(33)22-10-13-24(14-11-22)35-21-28-36-25-20-23(12-15-26(25)38(28)2)31(42)39(18-16-29(40)41)27-9-6-7-17-34-27/h6-7,9-15,17,20,35H,3-5,8,16,18-19,21H2,1-2H3,(H,40,41)(H2,33,37,43). The van der Waals surface area contributed by atoms with Crippen molar-refractivity contribution in [3.63, 3.8) is 0 Å². The van der Waals surface area contributed by atoms with Gasteiger partial charge in [-0.15, -0.1) is 0 Å². The van der Waals surface area contributed by atoms with E-state index in [1.807, 2.05) is 29.8 Å². The van der Waals surface area contributed by atoms with Crippen LogP contribution < -0.4 is 16.0 Å². The van der Waals surface area contributed by atoms with E-state index in [-0.39, 0.29) is 24.7 Å². The van der Waals surface area contributed by atoms with Gasteiger partial charge in [-0.2, -0.15) is 4.99 Å². The van der Waals surface area contributed by atoms with Crippen LogP contribution in [0.3, 0.4) is 0 Å². The Bertz CT molecular complexity index is 1620. The highest BCUT2D eigenvalue weighted by Crippen LogP contribution is 2.21. The van der Waals surface area contributed by atoms with E-state index in [4.69, 9.17) is 15.5 Å². The summed E-state index contributed by atoms with van der Waals surface area (Å²) in [6, 6.07) is 17.5. The minimum Gasteiger partial charge on any atom is -0.481 e. The second-order valence-corrected chi connectivity index (χ2v) is 10.2. The Balaban J connectivity index is 1.40. The van der Waals surface area contributed by atoms with E-state index in [0.717, 1.165) is 42.7 Å². The van der Waals surface area contributed by atoms with Gasteiger partial charge in [-0.3, -0.25) is 14.5 Å². The number of nitrogens with two attached hydrogens (primary N) is 1. The normalized spacial score (nSPS) is 11.4. The van der Waals surface area contributed by atoms with Crippen LogP contribution in [0.2, 0.25) is 0 Å². The number of imidazole rings is 1. The number of amidine groups is 1. The largest absolute Gasteiger partial charge is 0.481 e. The Morgan fingerprint density at radius 2 is 1.82 bits per heavy atom. The Labute approximate surface area is 255 Å². The van der Waals surface area contributed by atoms with Crippen LogP contribution in [0.5, 0.6) is 0 Å². The molecule has 0 spiro atoms. The molecule has 0 atom stereocenters. The fraction of sp³-hybridized carbons (Fsp3) is 0.312. The van der Waals surface area contributed by atoms with E-state index in [9.17, 15) is 19.5 Å². The average Bonchev–Trinajstić information content (AvgIpc) is 3.34. The Kier molecular flexibility index (Phi) is 11.0. The van der Waals surface area contributed by atoms with Gasteiger partial charge in [0.1, 0.15) is 17.5 Å². The number of aromatic nitrogens is 3. The minimum absolute atomic E-state index is 0.0138. The summed E-state index contributed by atoms with van der Waals surface area (Å²) in [6.07, 6.45) is 4.67. The topological polar surface area (TPSA) is 165 Å². The van der Waals surface area contributed by atoms with Crippen LogP contribution in [0.25, 0.3) is 11.0 Å². The maximum atomic E-state index is 13.4. The Hall–Kier alpha value is -5.26. The highest BCUT2D eigenvalue weighted by Gasteiger charge is 2.21. The number of carbonyl (C=O) groups is 3. The molecule has 0 aliphatic carbocycles. The number of aryl methyl sites for hydroxylation is 1. The zero-order chi connectivity index (χ0) is 31.5. The van der Waals surface area contributed by atoms with Gasteiger partial charge in [0.2, 0.25) is 0 Å². The molecule has 4 rings (SSSR count). The lowest BCUT2D eigenvalue weighted by Gasteiger charge is -2.21. The molecular formula is C32H37N7O5. The first-order chi connectivity index (χ1) is 21.3. The van der Waals surface area contributed by atoms with Crippen LogP contribution in [0.4, 0.5) is 16.3 Å². The van der Waals surface area contributed by atoms with Crippen molar-refractivity contribution >= 4 is 46.3 Å². The molecule has 12 nitrogen and oxygen atoms in total. The van der Waals surface area contributed by atoms with Gasteiger partial charge in [0.05, 0.1) is 30.6 Å². The number of unbranched alkanes of at least 4 members (excludes halogenated alkanes) is 3. The molecule has 2 heterocycles. The summed E-state index contributed by atoms with van der Waals surface area (Å²) >= 11 is 0. The number of hydrogen-bond donors (Lipinski definition) is 3. The molecule has 0 saturated heterocycles. The molecule has 0 aliphatic rings. The number of aliphatic carboxylic acids is 1. The molecule has 0 bridgehead atoms. The van der Waals surface area contributed by atoms with Gasteiger partial charge in [0.25, 0.3) is 5.91 Å². The second kappa shape index (κ2) is 15.3. The summed E-state index contributed by atoms with van der Waals surface area (Å²) in [5, 5.41) is 12.5. The molecule has 2 amide bonds. The summed E-state index contributed by atoms with van der Waals surface area (Å²) in [5.74, 6) is -0.165. The van der Waals surface area contributed by atoms with Crippen LogP contribution in [0, 0.1) is 0 Å². The highest BCUT2D eigenvalue weighted by atomic mass is 16.5. The zero-order valence-corrected chi connectivity index (χ0v) is 24.9. The third-order valence-electron chi connectivity index (χ3n) is 7.01. The van der Waals surface area contributed by atoms with Gasteiger partial charge < -0.3 is 25.5 Å². The number of nitrogens with zero attached hydrogens (tertiary/aromatic N) is 5. The molecular weight excluding hydrogens is 562 g/mol. The van der Waals surface area contributed by atoms with Gasteiger partial charge in [-0.05, 0) is 61.0 Å². The predicted molar refractivity (Wildman–Crippen MR) is 169 cm³/mol. The number of ether oxygens (including phenoxy) is 1. The summed E-state index contributed by atoms with van der Waals surface area (Å²) in [6.45, 7) is 2.84. The van der Waals surface area contributed by atoms with Gasteiger partial charge in [0, 0.05) is 36.6 Å². The number of nitrogens with one attached hydrogen (secondary N) is 1. The number of benzene rings is 2. The first kappa shape index (κ1) is 31.7. The third-order valence-corrected chi connectivity index (χ3v) is 7.01. The monoisotopic (exact) mass is 599 g/mol. The summed E-state index contributed by atoms with van der Waals surface area (Å²) < 4.78 is 7.06. The lowest BCUT2D eigenvalue weighted by Crippen LogP contribution is -2.33. The number of anilines is 2. The average molecular weight is 600 g/mol. The SMILES string of the molecule is CCCCCCOC(=O)/N=C(/N)c1ccc(NCc2nc3cc(C(=O)N(CCC(=O)O)c4ccccn4)ccc3n2C)cc1. The van der Waals surface area contributed by atoms with Gasteiger partial charge in [-0.1, -0.05) is 32.3 Å². The molecule has 0 aliphatic heterocycles. The third kappa shape index (κ3) is 8.40. The predicted octanol–water partition coefficient (Wildman–Crippen LogP) is 5.12. The summed E-state index contributed by atoms with van der Waals surface area (Å²) in [7, 11) is 1.89. The molecule has 0 saturated carbocycles. The molecule has 4 aromatic rings. The number of aliphatic imine (C=N–C) groups is 1. The Morgan fingerprint density at radius 1 is 1.05 bits per heavy atom. The Morgan fingerprint density at radius 3 is 2.52 bits per heavy atom. The van der Waals surface area contributed by atoms with Crippen LogP contribution in [0.15, 0.2) is 71.9 Å². The maximum absolute atomic E-state index is 13.4. The van der Waals surface area contributed by atoms with Crippen molar-refractivity contribution in [1.82, 2.24) is 14.5 Å². The van der Waals surface area contributed by atoms with E-state index >= 15 is 0 Å². The molecule has 2 aromatic heterocycles. The number of pyridine rings is 1. The number of rotatable bonds is 14. The van der Waals surface area contributed by atoms with E-state index in [1.165, 1.54) is 4.90 Å².